The van der Waals surface area contributed by atoms with Crippen LogP contribution in [-0.4, -0.2) is 193 Å². The highest BCUT2D eigenvalue weighted by Crippen LogP contribution is 2.21. The number of rotatable bonds is 34. The minimum Gasteiger partial charge on any atom is -0.508 e. The Hall–Kier alpha value is -9.39. The average molecular weight is 1230 g/mol. The quantitative estimate of drug-likeness (QED) is 0.0156. The Bertz CT molecular complexity index is 3000. The summed E-state index contributed by atoms with van der Waals surface area (Å²) in [7, 11) is 0. The van der Waals surface area contributed by atoms with Crippen molar-refractivity contribution >= 4 is 87.9 Å². The third-order valence-electron chi connectivity index (χ3n) is 14.2. The molecule has 31 nitrogen and oxygen atoms in total. The fraction of sp³-hybridized carbons (Fsp3) is 0.526. The van der Waals surface area contributed by atoms with Gasteiger partial charge in [-0.1, -0.05) is 44.2 Å². The maximum atomic E-state index is 14.0. The molecule has 0 bridgehead atoms. The van der Waals surface area contributed by atoms with Crippen LogP contribution in [0.25, 0.3) is 10.9 Å². The van der Waals surface area contributed by atoms with E-state index in [-0.39, 0.29) is 69.2 Å². The second-order valence-corrected chi connectivity index (χ2v) is 22.0. The summed E-state index contributed by atoms with van der Waals surface area (Å²) in [5.41, 5.74) is 18.9. The smallest absolute Gasteiger partial charge is 0.326 e. The lowest BCUT2D eigenvalue weighted by Gasteiger charge is -2.30. The number of guanidine groups is 1. The minimum atomic E-state index is -1.57. The summed E-state index contributed by atoms with van der Waals surface area (Å²) >= 11 is 0. The largest absolute Gasteiger partial charge is 0.508 e. The Morgan fingerprint density at radius 2 is 1.28 bits per heavy atom. The van der Waals surface area contributed by atoms with Crippen molar-refractivity contribution in [3.63, 3.8) is 0 Å². The number of fused-ring (bicyclic) bond motifs is 1. The number of benzene rings is 2. The number of aromatic hydroxyl groups is 1. The van der Waals surface area contributed by atoms with Crippen molar-refractivity contribution in [1.29, 1.82) is 0 Å². The summed E-state index contributed by atoms with van der Waals surface area (Å²) in [4.78, 5) is 167. The van der Waals surface area contributed by atoms with E-state index in [2.05, 4.69) is 57.8 Å². The Labute approximate surface area is 507 Å². The van der Waals surface area contributed by atoms with Crippen molar-refractivity contribution in [2.24, 2.45) is 28.1 Å². The van der Waals surface area contributed by atoms with Crippen LogP contribution in [-0.2, 0) is 70.4 Å². The molecule has 1 fully saturated rings. The van der Waals surface area contributed by atoms with Crippen LogP contribution < -0.4 is 65.1 Å². The maximum Gasteiger partial charge on any atom is 0.326 e. The molecule has 3 aromatic rings. The molecule has 1 aromatic heterocycles. The number of nitrogens with zero attached hydrogens (tertiary/aromatic N) is 2. The number of aromatic nitrogens is 1. The first-order chi connectivity index (χ1) is 41.4. The monoisotopic (exact) mass is 1230 g/mol. The van der Waals surface area contributed by atoms with Crippen LogP contribution in [0.4, 0.5) is 0 Å². The van der Waals surface area contributed by atoms with Gasteiger partial charge in [-0.25, -0.2) is 4.79 Å². The van der Waals surface area contributed by atoms with E-state index in [9.17, 15) is 78.0 Å². The molecule has 11 atom stereocenters. The van der Waals surface area contributed by atoms with Crippen molar-refractivity contribution in [2.75, 3.05) is 19.6 Å². The number of carbonyl (C=O) groups is 12. The Kier molecular flexibility index (Phi) is 27.5. The van der Waals surface area contributed by atoms with E-state index >= 15 is 0 Å². The number of carboxylic acid groups (broad SMARTS) is 2. The van der Waals surface area contributed by atoms with Gasteiger partial charge in [-0.2, -0.15) is 0 Å². The average Bonchev–Trinajstić information content (AvgIpc) is 4.30. The van der Waals surface area contributed by atoms with Crippen LogP contribution in [0.2, 0.25) is 0 Å². The van der Waals surface area contributed by atoms with Crippen LogP contribution in [0.1, 0.15) is 97.6 Å². The van der Waals surface area contributed by atoms with Crippen LogP contribution in [0.3, 0.4) is 0 Å². The summed E-state index contributed by atoms with van der Waals surface area (Å²) in [6.45, 7) is 8.05. The van der Waals surface area contributed by atoms with Crippen molar-refractivity contribution in [3.8, 4) is 5.75 Å². The zero-order chi connectivity index (χ0) is 65.5. The van der Waals surface area contributed by atoms with E-state index in [1.807, 2.05) is 24.3 Å². The molecule has 482 valence electrons. The van der Waals surface area contributed by atoms with Gasteiger partial charge in [-0.05, 0) is 108 Å². The molecule has 0 saturated carbocycles. The van der Waals surface area contributed by atoms with Crippen LogP contribution >= 0.6 is 0 Å². The maximum absolute atomic E-state index is 14.0. The molecule has 0 aliphatic carbocycles. The number of carbonyl (C=O) groups excluding carboxylic acids is 10. The molecule has 2 aromatic carbocycles. The second kappa shape index (κ2) is 34.1. The standard InChI is InChI=1S/C57H83N15O16/c1-28(2)23-41(52(83)70-42(24-33-15-17-35(74)18-16-33)50(81)63-27-44(75)67-40(56(87)88)13-9-21-61-57(59)60)69-48(79)30(4)64-47(78)29(3)65-51(82)39(19-20-45(76)77)68-53(84)43-14-10-22-72(43)55(86)31(5)66-54(85)46(32(6)73)71-49(80)37(58)25-34-26-62-38-12-8-7-11-36(34)38/h7-8,11-12,15-18,26,28-32,37,39-43,46,62,73-74H,9-10,13-14,19-25,27,58H2,1-6H3,(H,63,81)(H,64,78)(H,65,82)(H,66,85)(H,67,75)(H,68,84)(H,69,79)(H,70,83)(H,71,80)(H,76,77)(H,87,88)(H4,59,60,61)/t29-,30-,31-,32+,37-,39-,40-,41-,42-,43-,46-/m0/s1. The summed E-state index contributed by atoms with van der Waals surface area (Å²) in [6, 6.07) is -0.568. The number of aliphatic hydroxyl groups is 1. The topological polar surface area (TPSA) is 503 Å². The van der Waals surface area contributed by atoms with Gasteiger partial charge in [0.25, 0.3) is 0 Å². The van der Waals surface area contributed by atoms with E-state index in [1.165, 1.54) is 52.0 Å². The van der Waals surface area contributed by atoms with Crippen LogP contribution in [0, 0.1) is 5.92 Å². The normalized spacial score (nSPS) is 16.3. The third-order valence-corrected chi connectivity index (χ3v) is 14.2. The van der Waals surface area contributed by atoms with E-state index in [0.29, 0.717) is 12.0 Å². The number of hydrogen-bond acceptors (Lipinski definition) is 16. The van der Waals surface area contributed by atoms with Gasteiger partial charge in [0.2, 0.25) is 59.1 Å². The molecule has 0 unspecified atom stereocenters. The van der Waals surface area contributed by atoms with Crippen molar-refractivity contribution in [2.45, 2.75) is 166 Å². The lowest BCUT2D eigenvalue weighted by atomic mass is 10.0. The first kappa shape index (κ1) is 71.1. The summed E-state index contributed by atoms with van der Waals surface area (Å²) in [6.07, 6.45) is -0.300. The Morgan fingerprint density at radius 3 is 1.91 bits per heavy atom. The highest BCUT2D eigenvalue weighted by Gasteiger charge is 2.40. The molecule has 20 N–H and O–H groups in total. The van der Waals surface area contributed by atoms with Gasteiger partial charge in [-0.3, -0.25) is 57.7 Å². The lowest BCUT2D eigenvalue weighted by molar-refractivity contribution is -0.143. The predicted octanol–water partition coefficient (Wildman–Crippen LogP) is -3.54. The number of nitrogens with one attached hydrogen (secondary N) is 10. The highest BCUT2D eigenvalue weighted by atomic mass is 16.4. The molecule has 31 heteroatoms. The number of aliphatic imine (C=N–C) groups is 1. The fourth-order valence-electron chi connectivity index (χ4n) is 9.45. The number of amides is 10. The fourth-order valence-corrected chi connectivity index (χ4v) is 9.45. The molecular formula is C57H83N15O16. The van der Waals surface area contributed by atoms with E-state index in [0.717, 1.165) is 21.4 Å². The molecule has 1 aliphatic rings. The summed E-state index contributed by atoms with van der Waals surface area (Å²) in [5, 5.41) is 62.5. The molecule has 1 aliphatic heterocycles. The second-order valence-electron chi connectivity index (χ2n) is 22.0. The molecule has 1 saturated heterocycles. The number of nitrogens with two attached hydrogens (primary N) is 3. The van der Waals surface area contributed by atoms with Crippen molar-refractivity contribution in [3.05, 3.63) is 65.9 Å². The number of phenolic OH excluding ortho intramolecular Hbond substituents is 1. The minimum absolute atomic E-state index is 0.0159. The molecule has 2 heterocycles. The Morgan fingerprint density at radius 1 is 0.670 bits per heavy atom. The zero-order valence-electron chi connectivity index (χ0n) is 49.9. The number of hydrogen-bond donors (Lipinski definition) is 17. The summed E-state index contributed by atoms with van der Waals surface area (Å²) in [5.74, 6) is -11.8. The number of aliphatic carboxylic acids is 2. The van der Waals surface area contributed by atoms with Gasteiger partial charge in [0.15, 0.2) is 5.96 Å². The first-order valence-electron chi connectivity index (χ1n) is 28.7. The molecule has 4 rings (SSSR count). The molecule has 0 radical (unpaired) electrons. The van der Waals surface area contributed by atoms with Gasteiger partial charge in [0.05, 0.1) is 18.7 Å². The number of para-hydroxylation sites is 1. The lowest BCUT2D eigenvalue weighted by Crippen LogP contribution is -2.60. The van der Waals surface area contributed by atoms with E-state index in [1.54, 1.807) is 20.0 Å². The zero-order valence-corrected chi connectivity index (χ0v) is 49.9. The van der Waals surface area contributed by atoms with Crippen molar-refractivity contribution in [1.82, 2.24) is 57.7 Å². The number of phenols is 1. The Balaban J connectivity index is 1.36. The molecule has 88 heavy (non-hydrogen) atoms. The van der Waals surface area contributed by atoms with Gasteiger partial charge in [0.1, 0.15) is 60.1 Å². The number of aromatic amines is 1. The van der Waals surface area contributed by atoms with Gasteiger partial charge >= 0.3 is 11.9 Å². The van der Waals surface area contributed by atoms with Gasteiger partial charge in [-0.15, -0.1) is 0 Å². The first-order valence-corrected chi connectivity index (χ1v) is 28.7. The van der Waals surface area contributed by atoms with E-state index in [4.69, 9.17) is 17.2 Å². The molecule has 10 amide bonds. The number of aliphatic hydroxyl groups excluding tert-OH is 1. The number of H-pyrrole nitrogens is 1. The van der Waals surface area contributed by atoms with E-state index < -0.39 is 157 Å². The van der Waals surface area contributed by atoms with Crippen LogP contribution in [0.5, 0.6) is 5.75 Å². The third kappa shape index (κ3) is 22.5. The molecule has 0 spiro atoms. The van der Waals surface area contributed by atoms with Gasteiger partial charge in [0, 0.05) is 43.0 Å². The number of carboxylic acids is 2. The SMILES string of the molecule is CC(C)C[C@H](NC(=O)[C@H](C)NC(=O)[C@H](C)NC(=O)[C@H](CCC(=O)O)NC(=O)[C@@H]1CCCN1C(=O)[C@H](C)NC(=O)[C@@H](NC(=O)[C@@H](N)Cc1c[nH]c2ccccc12)[C@@H](C)O)C(=O)N[C@@H](Cc1ccc(O)cc1)C(=O)NCC(=O)N[C@@H](CCCN=C(N)N)C(=O)O. The van der Waals surface area contributed by atoms with Crippen molar-refractivity contribution < 1.29 is 78.0 Å². The van der Waals surface area contributed by atoms with Crippen LogP contribution in [0.15, 0.2) is 59.7 Å². The summed E-state index contributed by atoms with van der Waals surface area (Å²) < 4.78 is 0. The van der Waals surface area contributed by atoms with Gasteiger partial charge < -0.3 is 95.4 Å². The molecular weight excluding hydrogens is 1150 g/mol. The predicted molar refractivity (Wildman–Crippen MR) is 318 cm³/mol. The number of likely N-dealkylation sites (tertiary alicyclic amines) is 1. The highest BCUT2D eigenvalue weighted by molar-refractivity contribution is 5.99.